The summed E-state index contributed by atoms with van der Waals surface area (Å²) < 4.78 is 19.8. The summed E-state index contributed by atoms with van der Waals surface area (Å²) in [4.78, 5) is 46.1. The van der Waals surface area contributed by atoms with Crippen molar-refractivity contribution in [2.45, 2.75) is 50.7 Å². The van der Waals surface area contributed by atoms with Gasteiger partial charge in [-0.3, -0.25) is 13.9 Å². The van der Waals surface area contributed by atoms with Crippen molar-refractivity contribution in [1.29, 1.82) is 0 Å². The van der Waals surface area contributed by atoms with Gasteiger partial charge >= 0.3 is 12.1 Å². The van der Waals surface area contributed by atoms with Crippen molar-refractivity contribution in [2.75, 3.05) is 20.8 Å². The van der Waals surface area contributed by atoms with E-state index in [-0.39, 0.29) is 30.9 Å². The first-order chi connectivity index (χ1) is 16.7. The molecule has 4 heterocycles. The Morgan fingerprint density at radius 2 is 2.06 bits per heavy atom. The van der Waals surface area contributed by atoms with E-state index in [4.69, 9.17) is 4.74 Å². The predicted octanol–water partition coefficient (Wildman–Crippen LogP) is -0.838. The van der Waals surface area contributed by atoms with Crippen LogP contribution in [0.1, 0.15) is 30.5 Å². The molecule has 35 heavy (non-hydrogen) atoms. The second kappa shape index (κ2) is 9.64. The number of esters is 1. The Bertz CT molecular complexity index is 1330. The topological polar surface area (TPSA) is 171 Å². The number of aryl methyl sites for hydroxylation is 2. The van der Waals surface area contributed by atoms with Gasteiger partial charge in [-0.1, -0.05) is 0 Å². The molecular formula is C21H28N6O8. The molecule has 1 saturated heterocycles. The zero-order valence-corrected chi connectivity index (χ0v) is 19.8. The van der Waals surface area contributed by atoms with Crippen LogP contribution in [-0.2, 0) is 32.5 Å². The minimum absolute atomic E-state index is 0.0884. The average Bonchev–Trinajstić information content (AvgIpc) is 3.57. The van der Waals surface area contributed by atoms with E-state index in [1.807, 2.05) is 0 Å². The summed E-state index contributed by atoms with van der Waals surface area (Å²) in [5.41, 5.74) is 1.02. The van der Waals surface area contributed by atoms with E-state index in [0.717, 1.165) is 14.2 Å². The molecule has 4 rings (SSSR count). The van der Waals surface area contributed by atoms with Crippen molar-refractivity contribution >= 4 is 29.0 Å². The monoisotopic (exact) mass is 492 g/mol. The number of fused-ring (bicyclic) bond motifs is 2. The fourth-order valence-electron chi connectivity index (χ4n) is 4.44. The van der Waals surface area contributed by atoms with E-state index in [0.29, 0.717) is 35.7 Å². The number of amides is 1. The smallest absolute Gasteiger partial charge is 0.407 e. The number of aliphatic hydroxyl groups is 2. The first-order valence-electron chi connectivity index (χ1n) is 11.0. The molecule has 14 heteroatoms. The molecule has 0 bridgehead atoms. The van der Waals surface area contributed by atoms with Gasteiger partial charge in [-0.25, -0.2) is 24.0 Å². The molecule has 14 nitrogen and oxygen atoms in total. The highest BCUT2D eigenvalue weighted by Crippen LogP contribution is 2.30. The van der Waals surface area contributed by atoms with E-state index in [1.54, 1.807) is 23.1 Å². The summed E-state index contributed by atoms with van der Waals surface area (Å²) in [6.45, 7) is 1.59. The number of nitrogens with zero attached hydrogens (tertiary/aromatic N) is 5. The third-order valence-electron chi connectivity index (χ3n) is 6.25. The first kappa shape index (κ1) is 24.6. The van der Waals surface area contributed by atoms with E-state index >= 15 is 0 Å². The van der Waals surface area contributed by atoms with Crippen molar-refractivity contribution in [3.63, 3.8) is 0 Å². The third kappa shape index (κ3) is 4.24. The molecule has 4 atom stereocenters. The van der Waals surface area contributed by atoms with Gasteiger partial charge in [-0.05, 0) is 19.8 Å². The summed E-state index contributed by atoms with van der Waals surface area (Å²) in [6.07, 6.45) is -0.358. The lowest BCUT2D eigenvalue weighted by molar-refractivity contribution is -0.146. The maximum absolute atomic E-state index is 13.5. The van der Waals surface area contributed by atoms with E-state index < -0.39 is 29.8 Å². The van der Waals surface area contributed by atoms with Crippen molar-refractivity contribution in [3.8, 4) is 0 Å². The van der Waals surface area contributed by atoms with Gasteiger partial charge in [0, 0.05) is 13.5 Å². The van der Waals surface area contributed by atoms with Crippen molar-refractivity contribution in [1.82, 2.24) is 28.8 Å². The minimum Gasteiger partial charge on any atom is -0.467 e. The SMILES string of the molecule is COC(=O)NC(C(=O)OC)C(O)Cc1c(C)nc2n(C)c3c(ncn3C3CCC(CO)O3)c(=O)n12. The molecule has 0 aromatic carbocycles. The number of rotatable bonds is 7. The second-order valence-corrected chi connectivity index (χ2v) is 8.35. The minimum atomic E-state index is -1.44. The summed E-state index contributed by atoms with van der Waals surface area (Å²) in [7, 11) is 3.98. The van der Waals surface area contributed by atoms with Gasteiger partial charge in [0.2, 0.25) is 5.78 Å². The molecule has 0 aliphatic carbocycles. The molecule has 0 radical (unpaired) electrons. The predicted molar refractivity (Wildman–Crippen MR) is 120 cm³/mol. The number of aromatic nitrogens is 5. The van der Waals surface area contributed by atoms with Crippen LogP contribution < -0.4 is 10.9 Å². The number of aliphatic hydroxyl groups excluding tert-OH is 2. The van der Waals surface area contributed by atoms with Gasteiger partial charge in [0.1, 0.15) is 6.23 Å². The molecule has 1 fully saturated rings. The number of carbonyl (C=O) groups excluding carboxylic acids is 2. The summed E-state index contributed by atoms with van der Waals surface area (Å²) in [5, 5.41) is 22.4. The fraction of sp³-hybridized carbons (Fsp3) is 0.571. The molecule has 3 N–H and O–H groups in total. The zero-order valence-electron chi connectivity index (χ0n) is 19.8. The maximum atomic E-state index is 13.5. The quantitative estimate of drug-likeness (QED) is 0.353. The van der Waals surface area contributed by atoms with E-state index in [2.05, 4.69) is 24.8 Å². The number of carbonyl (C=O) groups is 2. The van der Waals surface area contributed by atoms with Crippen molar-refractivity contribution < 1.29 is 34.0 Å². The molecule has 0 saturated carbocycles. The Balaban J connectivity index is 1.77. The maximum Gasteiger partial charge on any atom is 0.407 e. The van der Waals surface area contributed by atoms with Crippen LogP contribution in [0.25, 0.3) is 16.9 Å². The van der Waals surface area contributed by atoms with Crippen molar-refractivity contribution in [3.05, 3.63) is 28.1 Å². The number of ether oxygens (including phenoxy) is 3. The van der Waals surface area contributed by atoms with E-state index in [9.17, 15) is 24.6 Å². The van der Waals surface area contributed by atoms with Gasteiger partial charge in [-0.2, -0.15) is 0 Å². The highest BCUT2D eigenvalue weighted by Gasteiger charge is 2.33. The van der Waals surface area contributed by atoms with Crippen molar-refractivity contribution in [2.24, 2.45) is 7.05 Å². The summed E-state index contributed by atoms with van der Waals surface area (Å²) in [5.74, 6) is -0.572. The Hall–Kier alpha value is -3.49. The van der Waals surface area contributed by atoms with Gasteiger partial charge < -0.3 is 29.7 Å². The molecule has 3 aromatic rings. The summed E-state index contributed by atoms with van der Waals surface area (Å²) in [6, 6.07) is -1.43. The van der Waals surface area contributed by atoms with Gasteiger partial charge in [0.05, 0.1) is 50.7 Å². The lowest BCUT2D eigenvalue weighted by atomic mass is 10.1. The van der Waals surface area contributed by atoms with Crippen LogP contribution in [0.3, 0.4) is 0 Å². The first-order valence-corrected chi connectivity index (χ1v) is 11.0. The molecule has 190 valence electrons. The normalized spacial score (nSPS) is 19.7. The lowest BCUT2D eigenvalue weighted by Gasteiger charge is -2.21. The summed E-state index contributed by atoms with van der Waals surface area (Å²) >= 11 is 0. The van der Waals surface area contributed by atoms with Crippen LogP contribution in [0.15, 0.2) is 11.1 Å². The molecule has 0 spiro atoms. The van der Waals surface area contributed by atoms with E-state index in [1.165, 1.54) is 10.7 Å². The Morgan fingerprint density at radius 1 is 1.31 bits per heavy atom. The van der Waals surface area contributed by atoms with Crippen LogP contribution in [0, 0.1) is 6.92 Å². The number of nitrogens with one attached hydrogen (secondary N) is 1. The molecule has 4 unspecified atom stereocenters. The third-order valence-corrected chi connectivity index (χ3v) is 6.25. The van der Waals surface area contributed by atoms with Crippen LogP contribution >= 0.6 is 0 Å². The highest BCUT2D eigenvalue weighted by molar-refractivity contribution is 5.82. The zero-order chi connectivity index (χ0) is 25.4. The fourth-order valence-corrected chi connectivity index (χ4v) is 4.44. The standard InChI is InChI=1S/C21H28N6O8/c1-10-12(7-13(29)15(19(31)33-3)24-21(32)34-4)27-18(30)16-17(25(2)20(27)23-10)26(9-22-16)14-6-5-11(8-28)35-14/h9,11,13-15,28-29H,5-8H2,1-4H3,(H,24,32). The number of methoxy groups -OCH3 is 2. The number of alkyl carbamates (subject to hydrolysis) is 1. The van der Waals surface area contributed by atoms with Crippen LogP contribution in [0.2, 0.25) is 0 Å². The molecule has 1 aliphatic heterocycles. The largest absolute Gasteiger partial charge is 0.467 e. The molecule has 1 amide bonds. The van der Waals surface area contributed by atoms with Crippen LogP contribution in [-0.4, -0.2) is 84.9 Å². The highest BCUT2D eigenvalue weighted by atomic mass is 16.5. The van der Waals surface area contributed by atoms with Gasteiger partial charge in [0.25, 0.3) is 5.56 Å². The second-order valence-electron chi connectivity index (χ2n) is 8.35. The number of hydrogen-bond acceptors (Lipinski definition) is 10. The molecule has 3 aromatic heterocycles. The number of imidazole rings is 2. The van der Waals surface area contributed by atoms with Gasteiger partial charge in [0.15, 0.2) is 17.2 Å². The number of hydrogen-bond donors (Lipinski definition) is 3. The Morgan fingerprint density at radius 3 is 2.69 bits per heavy atom. The average molecular weight is 492 g/mol. The Kier molecular flexibility index (Phi) is 6.78. The van der Waals surface area contributed by atoms with Gasteiger partial charge in [-0.15, -0.1) is 0 Å². The Labute approximate surface area is 199 Å². The van der Waals surface area contributed by atoms with Crippen LogP contribution in [0.4, 0.5) is 4.79 Å². The van der Waals surface area contributed by atoms with Crippen LogP contribution in [0.5, 0.6) is 0 Å². The molecular weight excluding hydrogens is 464 g/mol. The molecule has 1 aliphatic rings. The lowest BCUT2D eigenvalue weighted by Crippen LogP contribution is -2.50.